The average molecular weight is 344 g/mol. The predicted molar refractivity (Wildman–Crippen MR) is 99.5 cm³/mol. The monoisotopic (exact) mass is 344 g/mol. The predicted octanol–water partition coefficient (Wildman–Crippen LogP) is 1.64. The van der Waals surface area contributed by atoms with Crippen LogP contribution in [0.1, 0.15) is 39.7 Å². The van der Waals surface area contributed by atoms with Crippen LogP contribution >= 0.6 is 0 Å². The molecular weight excluding hydrogens is 320 g/mol. The summed E-state index contributed by atoms with van der Waals surface area (Å²) in [6.45, 7) is 10.6. The fourth-order valence-electron chi connectivity index (χ4n) is 3.14. The average Bonchev–Trinajstić information content (AvgIpc) is 2.99. The second-order valence-corrected chi connectivity index (χ2v) is 6.39. The van der Waals surface area contributed by atoms with E-state index in [9.17, 15) is 9.59 Å². The molecule has 1 aliphatic heterocycles. The van der Waals surface area contributed by atoms with Gasteiger partial charge in [0.1, 0.15) is 0 Å². The zero-order valence-corrected chi connectivity index (χ0v) is 15.2. The number of hydrogen-bond acceptors (Lipinski definition) is 5. The van der Waals surface area contributed by atoms with Crippen molar-refractivity contribution in [2.45, 2.75) is 46.2 Å². The van der Waals surface area contributed by atoms with E-state index >= 15 is 0 Å². The minimum Gasteiger partial charge on any atom is -0.294 e. The molecule has 0 spiro atoms. The van der Waals surface area contributed by atoms with Crippen molar-refractivity contribution in [3.8, 4) is 0 Å². The van der Waals surface area contributed by atoms with Gasteiger partial charge in [0.25, 0.3) is 5.56 Å². The molecule has 25 heavy (non-hydrogen) atoms. The van der Waals surface area contributed by atoms with E-state index in [1.54, 1.807) is 18.1 Å². The lowest BCUT2D eigenvalue weighted by Crippen LogP contribution is -2.40. The number of aromatic nitrogens is 4. The van der Waals surface area contributed by atoms with Crippen molar-refractivity contribution in [2.75, 3.05) is 11.6 Å². The zero-order valence-electron chi connectivity index (χ0n) is 15.2. The third-order valence-electron chi connectivity index (χ3n) is 4.70. The molecule has 0 amide bonds. The molecule has 3 heterocycles. The molecule has 0 N–H and O–H groups in total. The van der Waals surface area contributed by atoms with Crippen molar-refractivity contribution < 1.29 is 0 Å². The summed E-state index contributed by atoms with van der Waals surface area (Å²) in [6, 6.07) is -0.106. The molecular formula is C17H24N6O2. The van der Waals surface area contributed by atoms with Gasteiger partial charge in [0.2, 0.25) is 5.95 Å². The molecule has 8 heteroatoms. The fraction of sp³-hybridized carbons (Fsp3) is 0.529. The normalized spacial score (nSPS) is 16.9. The third kappa shape index (κ3) is 2.52. The first kappa shape index (κ1) is 17.2. The Morgan fingerprint density at radius 2 is 2.04 bits per heavy atom. The molecule has 1 atom stereocenters. The molecule has 3 rings (SSSR count). The second kappa shape index (κ2) is 6.34. The van der Waals surface area contributed by atoms with Gasteiger partial charge in [0.15, 0.2) is 11.2 Å². The molecule has 0 radical (unpaired) electrons. The number of unbranched alkanes of at least 4 members (excludes halogenated alkanes) is 1. The highest BCUT2D eigenvalue weighted by molar-refractivity contribution is 5.91. The summed E-state index contributed by atoms with van der Waals surface area (Å²) in [5, 5.41) is 6.25. The quantitative estimate of drug-likeness (QED) is 0.773. The van der Waals surface area contributed by atoms with E-state index in [1.165, 1.54) is 9.13 Å². The Hall–Kier alpha value is -2.64. The lowest BCUT2D eigenvalue weighted by Gasteiger charge is -2.28. The first-order chi connectivity index (χ1) is 11.9. The first-order valence-electron chi connectivity index (χ1n) is 8.57. The van der Waals surface area contributed by atoms with Crippen LogP contribution < -0.4 is 16.3 Å². The van der Waals surface area contributed by atoms with Gasteiger partial charge in [0.05, 0.1) is 18.3 Å². The van der Waals surface area contributed by atoms with Gasteiger partial charge in [0, 0.05) is 13.6 Å². The number of nitrogens with zero attached hydrogens (tertiary/aromatic N) is 6. The summed E-state index contributed by atoms with van der Waals surface area (Å²) in [6.07, 6.45) is 3.42. The summed E-state index contributed by atoms with van der Waals surface area (Å²) in [5.74, 6) is 0.563. The third-order valence-corrected chi connectivity index (χ3v) is 4.70. The highest BCUT2D eigenvalue weighted by atomic mass is 16.2. The Bertz CT molecular complexity index is 978. The molecule has 1 aliphatic rings. The Balaban J connectivity index is 2.36. The van der Waals surface area contributed by atoms with Gasteiger partial charge >= 0.3 is 5.69 Å². The van der Waals surface area contributed by atoms with Crippen molar-refractivity contribution in [1.29, 1.82) is 0 Å². The molecule has 0 bridgehead atoms. The van der Waals surface area contributed by atoms with Crippen molar-refractivity contribution >= 4 is 22.8 Å². The Labute approximate surface area is 145 Å². The van der Waals surface area contributed by atoms with Crippen molar-refractivity contribution in [3.63, 3.8) is 0 Å². The minimum atomic E-state index is -0.332. The molecule has 0 saturated heterocycles. The van der Waals surface area contributed by atoms with Crippen molar-refractivity contribution in [3.05, 3.63) is 33.5 Å². The summed E-state index contributed by atoms with van der Waals surface area (Å²) >= 11 is 0. The van der Waals surface area contributed by atoms with E-state index in [0.29, 0.717) is 30.2 Å². The molecule has 0 saturated carbocycles. The van der Waals surface area contributed by atoms with Gasteiger partial charge in [-0.2, -0.15) is 10.1 Å². The number of hydrazone groups is 1. The van der Waals surface area contributed by atoms with E-state index < -0.39 is 0 Å². The number of fused-ring (bicyclic) bond motifs is 3. The maximum absolute atomic E-state index is 13.1. The van der Waals surface area contributed by atoms with E-state index in [4.69, 9.17) is 0 Å². The Kier molecular flexibility index (Phi) is 4.36. The van der Waals surface area contributed by atoms with Crippen LogP contribution in [0.4, 0.5) is 5.95 Å². The maximum Gasteiger partial charge on any atom is 0.332 e. The van der Waals surface area contributed by atoms with Gasteiger partial charge in [-0.3, -0.25) is 18.5 Å². The van der Waals surface area contributed by atoms with E-state index in [2.05, 4.69) is 16.7 Å². The number of rotatable bonds is 5. The van der Waals surface area contributed by atoms with Gasteiger partial charge < -0.3 is 0 Å². The van der Waals surface area contributed by atoms with Crippen LogP contribution in [-0.4, -0.2) is 30.9 Å². The highest BCUT2D eigenvalue weighted by Crippen LogP contribution is 2.29. The summed E-state index contributed by atoms with van der Waals surface area (Å²) in [4.78, 5) is 30.2. The highest BCUT2D eigenvalue weighted by Gasteiger charge is 2.30. The number of aryl methyl sites for hydroxylation is 1. The molecule has 0 aromatic carbocycles. The van der Waals surface area contributed by atoms with Crippen LogP contribution in [0.5, 0.6) is 0 Å². The van der Waals surface area contributed by atoms with E-state index in [0.717, 1.165) is 18.6 Å². The first-order valence-corrected chi connectivity index (χ1v) is 8.57. The van der Waals surface area contributed by atoms with Crippen LogP contribution in [0, 0.1) is 0 Å². The van der Waals surface area contributed by atoms with Gasteiger partial charge in [-0.05, 0) is 20.3 Å². The van der Waals surface area contributed by atoms with Crippen LogP contribution in [-0.2, 0) is 13.6 Å². The van der Waals surface area contributed by atoms with Crippen LogP contribution in [0.15, 0.2) is 27.3 Å². The van der Waals surface area contributed by atoms with Crippen LogP contribution in [0.3, 0.4) is 0 Å². The summed E-state index contributed by atoms with van der Waals surface area (Å²) in [7, 11) is 1.65. The smallest absolute Gasteiger partial charge is 0.294 e. The number of hydrogen-bond donors (Lipinski definition) is 0. The maximum atomic E-state index is 13.1. The van der Waals surface area contributed by atoms with E-state index in [-0.39, 0.29) is 17.3 Å². The molecule has 0 fully saturated rings. The molecule has 0 aliphatic carbocycles. The summed E-state index contributed by atoms with van der Waals surface area (Å²) in [5.41, 5.74) is 1.10. The van der Waals surface area contributed by atoms with Crippen LogP contribution in [0.2, 0.25) is 0 Å². The number of anilines is 1. The van der Waals surface area contributed by atoms with Gasteiger partial charge in [-0.1, -0.05) is 19.4 Å². The topological polar surface area (TPSA) is 77.4 Å². The largest absolute Gasteiger partial charge is 0.332 e. The lowest BCUT2D eigenvalue weighted by molar-refractivity contribution is 0.563. The van der Waals surface area contributed by atoms with Gasteiger partial charge in [-0.25, -0.2) is 9.80 Å². The molecule has 134 valence electrons. The van der Waals surface area contributed by atoms with Crippen LogP contribution in [0.25, 0.3) is 11.2 Å². The summed E-state index contributed by atoms with van der Waals surface area (Å²) < 4.78 is 4.64. The zero-order chi connectivity index (χ0) is 18.3. The number of imidazole rings is 1. The van der Waals surface area contributed by atoms with Crippen molar-refractivity contribution in [1.82, 2.24) is 18.7 Å². The minimum absolute atomic E-state index is 0.106. The SMILES string of the molecule is C=CCN1N=C(C)[C@@H](C)n2c1nc1c2c(=O)n(CCCC)c(=O)n1C. The Morgan fingerprint density at radius 1 is 1.32 bits per heavy atom. The molecule has 8 nitrogen and oxygen atoms in total. The van der Waals surface area contributed by atoms with Crippen molar-refractivity contribution in [2.24, 2.45) is 12.1 Å². The standard InChI is InChI=1S/C17H24N6O2/c1-6-8-10-21-15(24)13-14(20(5)17(21)25)18-16-22(9-7-2)19-11(3)12(4)23(13)16/h7,12H,2,6,8-10H2,1,3-5H3/t12-/m1/s1. The second-order valence-electron chi connectivity index (χ2n) is 6.39. The van der Waals surface area contributed by atoms with E-state index in [1.807, 2.05) is 25.3 Å². The van der Waals surface area contributed by atoms with Gasteiger partial charge in [-0.15, -0.1) is 6.58 Å². The molecule has 0 unspecified atom stereocenters. The lowest BCUT2D eigenvalue weighted by atomic mass is 10.2. The molecule has 2 aromatic heterocycles. The Morgan fingerprint density at radius 3 is 2.68 bits per heavy atom. The molecule has 2 aromatic rings. The fourth-order valence-corrected chi connectivity index (χ4v) is 3.14.